The number of nitrogen functional groups attached to an aromatic ring is 1. The van der Waals surface area contributed by atoms with Gasteiger partial charge in [0, 0.05) is 13.3 Å². The van der Waals surface area contributed by atoms with E-state index in [1.807, 2.05) is 0 Å². The maximum atomic E-state index is 12.2. The summed E-state index contributed by atoms with van der Waals surface area (Å²) in [6.45, 7) is -0.503. The molecule has 0 heterocycles. The van der Waals surface area contributed by atoms with E-state index in [1.165, 1.54) is 30.1 Å². The predicted molar refractivity (Wildman–Crippen MR) is 63.2 cm³/mol. The Kier molecular flexibility index (Phi) is 3.92. The Morgan fingerprint density at radius 1 is 1.41 bits per heavy atom. The number of hydrogen-bond acceptors (Lipinski definition) is 4. The third-order valence-corrected chi connectivity index (χ3v) is 3.42. The van der Waals surface area contributed by atoms with Gasteiger partial charge in [-0.1, -0.05) is 6.07 Å². The first-order chi connectivity index (χ1) is 7.73. The molecule has 0 unspecified atom stereocenters. The normalized spacial score (nSPS) is 11.8. The third-order valence-electron chi connectivity index (χ3n) is 2.27. The first kappa shape index (κ1) is 13.7. The third kappa shape index (κ3) is 3.29. The van der Waals surface area contributed by atoms with Gasteiger partial charge in [0.1, 0.15) is 0 Å². The summed E-state index contributed by atoms with van der Waals surface area (Å²) in [6, 6.07) is 4.33. The number of halogens is 2. The van der Waals surface area contributed by atoms with Crippen LogP contribution in [0.15, 0.2) is 23.1 Å². The zero-order chi connectivity index (χ0) is 13.2. The summed E-state index contributed by atoms with van der Waals surface area (Å²) < 4.78 is 47.3. The molecule has 1 aromatic carbocycles. The number of alkyl halides is 2. The maximum absolute atomic E-state index is 12.2. The molecule has 0 aliphatic rings. The molecule has 0 aliphatic heterocycles. The molecule has 0 spiro atoms. The molecule has 0 amide bonds. The molecule has 1 aromatic rings. The SMILES string of the molecule is CN(CC(F)F)c1cccc(S(C)(=O)=O)c1N. The van der Waals surface area contributed by atoms with Crippen molar-refractivity contribution in [2.75, 3.05) is 30.5 Å². The predicted octanol–water partition coefficient (Wildman–Crippen LogP) is 1.37. The van der Waals surface area contributed by atoms with E-state index in [0.29, 0.717) is 0 Å². The zero-order valence-electron chi connectivity index (χ0n) is 9.52. The lowest BCUT2D eigenvalue weighted by Crippen LogP contribution is -2.25. The largest absolute Gasteiger partial charge is 0.396 e. The summed E-state index contributed by atoms with van der Waals surface area (Å²) in [5.74, 6) is 0. The Morgan fingerprint density at radius 3 is 2.47 bits per heavy atom. The number of benzene rings is 1. The first-order valence-electron chi connectivity index (χ1n) is 4.81. The second-order valence-electron chi connectivity index (χ2n) is 3.73. The van der Waals surface area contributed by atoms with Gasteiger partial charge in [-0.2, -0.15) is 0 Å². The molecular weight excluding hydrogens is 250 g/mol. The number of nitrogens with two attached hydrogens (primary N) is 1. The van der Waals surface area contributed by atoms with Crippen LogP contribution >= 0.6 is 0 Å². The minimum absolute atomic E-state index is 0.00171. The highest BCUT2D eigenvalue weighted by molar-refractivity contribution is 7.90. The van der Waals surface area contributed by atoms with Crippen molar-refractivity contribution in [2.45, 2.75) is 11.3 Å². The molecule has 4 nitrogen and oxygen atoms in total. The molecular formula is C10H14F2N2O2S. The number of sulfone groups is 1. The molecule has 0 bridgehead atoms. The van der Waals surface area contributed by atoms with Gasteiger partial charge in [-0.25, -0.2) is 17.2 Å². The summed E-state index contributed by atoms with van der Waals surface area (Å²) in [5, 5.41) is 0. The quantitative estimate of drug-likeness (QED) is 0.834. The van der Waals surface area contributed by atoms with E-state index in [-0.39, 0.29) is 16.3 Å². The van der Waals surface area contributed by atoms with Crippen molar-refractivity contribution < 1.29 is 17.2 Å². The standard InChI is InChI=1S/C10H14F2N2O2S/c1-14(6-9(11)12)7-4-3-5-8(10(7)13)17(2,15)16/h3-5,9H,6,13H2,1-2H3. The van der Waals surface area contributed by atoms with Crippen molar-refractivity contribution in [1.82, 2.24) is 0 Å². The molecule has 0 fully saturated rings. The number of hydrogen-bond donors (Lipinski definition) is 1. The summed E-state index contributed by atoms with van der Waals surface area (Å²) in [6.07, 6.45) is -1.49. The lowest BCUT2D eigenvalue weighted by Gasteiger charge is -2.21. The van der Waals surface area contributed by atoms with Gasteiger partial charge in [0.25, 0.3) is 6.43 Å². The van der Waals surface area contributed by atoms with Gasteiger partial charge in [-0.15, -0.1) is 0 Å². The molecule has 0 atom stereocenters. The molecule has 2 N–H and O–H groups in total. The van der Waals surface area contributed by atoms with Gasteiger partial charge >= 0.3 is 0 Å². The second kappa shape index (κ2) is 4.87. The molecule has 0 aliphatic carbocycles. The Bertz CT molecular complexity index is 503. The van der Waals surface area contributed by atoms with Gasteiger partial charge in [-0.3, -0.25) is 0 Å². The van der Waals surface area contributed by atoms with E-state index < -0.39 is 22.8 Å². The van der Waals surface area contributed by atoms with Gasteiger partial charge in [0.2, 0.25) is 0 Å². The van der Waals surface area contributed by atoms with Crippen LogP contribution in [0, 0.1) is 0 Å². The molecule has 1 rings (SSSR count). The molecule has 0 aromatic heterocycles. The average molecular weight is 264 g/mol. The lowest BCUT2D eigenvalue weighted by molar-refractivity contribution is 0.156. The van der Waals surface area contributed by atoms with Crippen LogP contribution in [0.25, 0.3) is 0 Å². The Labute approximate surface area is 98.9 Å². The molecule has 0 saturated carbocycles. The van der Waals surface area contributed by atoms with Crippen LogP contribution < -0.4 is 10.6 Å². The number of rotatable bonds is 4. The van der Waals surface area contributed by atoms with Gasteiger partial charge in [-0.05, 0) is 12.1 Å². The van der Waals surface area contributed by atoms with Crippen LogP contribution in [-0.2, 0) is 9.84 Å². The van der Waals surface area contributed by atoms with Crippen molar-refractivity contribution in [1.29, 1.82) is 0 Å². The lowest BCUT2D eigenvalue weighted by atomic mass is 10.2. The van der Waals surface area contributed by atoms with Gasteiger partial charge in [0.05, 0.1) is 22.8 Å². The van der Waals surface area contributed by atoms with E-state index in [0.717, 1.165) is 6.26 Å². The topological polar surface area (TPSA) is 63.4 Å². The maximum Gasteiger partial charge on any atom is 0.255 e. The number of nitrogens with zero attached hydrogens (tertiary/aromatic N) is 1. The van der Waals surface area contributed by atoms with Crippen molar-refractivity contribution in [3.05, 3.63) is 18.2 Å². The van der Waals surface area contributed by atoms with E-state index in [4.69, 9.17) is 5.73 Å². The molecule has 7 heteroatoms. The van der Waals surface area contributed by atoms with Crippen molar-refractivity contribution >= 4 is 21.2 Å². The smallest absolute Gasteiger partial charge is 0.255 e. The second-order valence-corrected chi connectivity index (χ2v) is 5.72. The zero-order valence-corrected chi connectivity index (χ0v) is 10.3. The van der Waals surface area contributed by atoms with Crippen LogP contribution in [0.4, 0.5) is 20.2 Å². The molecule has 17 heavy (non-hydrogen) atoms. The van der Waals surface area contributed by atoms with Crippen molar-refractivity contribution in [3.8, 4) is 0 Å². The highest BCUT2D eigenvalue weighted by Gasteiger charge is 2.17. The fraction of sp³-hybridized carbons (Fsp3) is 0.400. The molecule has 0 saturated heterocycles. The van der Waals surface area contributed by atoms with E-state index >= 15 is 0 Å². The van der Waals surface area contributed by atoms with Crippen molar-refractivity contribution in [3.63, 3.8) is 0 Å². The van der Waals surface area contributed by atoms with E-state index in [2.05, 4.69) is 0 Å². The number of anilines is 2. The first-order valence-corrected chi connectivity index (χ1v) is 6.70. The van der Waals surface area contributed by atoms with E-state index in [9.17, 15) is 17.2 Å². The van der Waals surface area contributed by atoms with Gasteiger partial charge in [0.15, 0.2) is 9.84 Å². The van der Waals surface area contributed by atoms with Crippen LogP contribution in [0.5, 0.6) is 0 Å². The number of para-hydroxylation sites is 1. The van der Waals surface area contributed by atoms with Gasteiger partial charge < -0.3 is 10.6 Å². The summed E-state index contributed by atoms with van der Waals surface area (Å²) >= 11 is 0. The van der Waals surface area contributed by atoms with Crippen LogP contribution in [-0.4, -0.2) is 34.7 Å². The summed E-state index contributed by atoms with van der Waals surface area (Å²) in [5.41, 5.74) is 5.96. The fourth-order valence-electron chi connectivity index (χ4n) is 1.49. The minimum Gasteiger partial charge on any atom is -0.396 e. The fourth-order valence-corrected chi connectivity index (χ4v) is 2.32. The minimum atomic E-state index is -3.46. The Hall–Kier alpha value is -1.37. The van der Waals surface area contributed by atoms with E-state index in [1.54, 1.807) is 0 Å². The monoisotopic (exact) mass is 264 g/mol. The van der Waals surface area contributed by atoms with Crippen LogP contribution in [0.2, 0.25) is 0 Å². The highest BCUT2D eigenvalue weighted by Crippen LogP contribution is 2.29. The Balaban J connectivity index is 3.20. The van der Waals surface area contributed by atoms with Crippen molar-refractivity contribution in [2.24, 2.45) is 0 Å². The summed E-state index contributed by atoms with van der Waals surface area (Å²) in [4.78, 5) is 1.19. The van der Waals surface area contributed by atoms with Crippen LogP contribution in [0.1, 0.15) is 0 Å². The highest BCUT2D eigenvalue weighted by atomic mass is 32.2. The average Bonchev–Trinajstić information content (AvgIpc) is 2.14. The molecule has 0 radical (unpaired) electrons. The Morgan fingerprint density at radius 2 is 2.00 bits per heavy atom. The summed E-state index contributed by atoms with van der Waals surface area (Å²) in [7, 11) is -2.02. The van der Waals surface area contributed by atoms with Crippen LogP contribution in [0.3, 0.4) is 0 Å². The molecule has 96 valence electrons.